The number of nitrogens with zero attached hydrogens (tertiary/aromatic N) is 1. The van der Waals surface area contributed by atoms with Gasteiger partial charge in [0.1, 0.15) is 0 Å². The molecule has 0 amide bonds. The third kappa shape index (κ3) is 3.53. The summed E-state index contributed by atoms with van der Waals surface area (Å²) in [7, 11) is 0. The molecule has 2 heteroatoms. The third-order valence-corrected chi connectivity index (χ3v) is 3.38. The minimum Gasteiger partial charge on any atom is -0.372 e. The molecule has 0 saturated heterocycles. The second-order valence-corrected chi connectivity index (χ2v) is 4.77. The van der Waals surface area contributed by atoms with E-state index in [1.165, 1.54) is 28.6 Å². The number of benzene rings is 1. The van der Waals surface area contributed by atoms with Crippen LogP contribution in [0.15, 0.2) is 22.7 Å². The van der Waals surface area contributed by atoms with Crippen LogP contribution in [0.3, 0.4) is 0 Å². The van der Waals surface area contributed by atoms with Crippen LogP contribution >= 0.6 is 15.9 Å². The zero-order chi connectivity index (χ0) is 11.3. The van der Waals surface area contributed by atoms with Gasteiger partial charge in [-0.25, -0.2) is 0 Å². The van der Waals surface area contributed by atoms with Crippen molar-refractivity contribution in [1.82, 2.24) is 0 Å². The van der Waals surface area contributed by atoms with Crippen molar-refractivity contribution >= 4 is 21.6 Å². The van der Waals surface area contributed by atoms with Gasteiger partial charge in [-0.15, -0.1) is 0 Å². The van der Waals surface area contributed by atoms with Crippen molar-refractivity contribution in [1.29, 1.82) is 0 Å². The summed E-state index contributed by atoms with van der Waals surface area (Å²) in [6, 6.07) is 6.60. The van der Waals surface area contributed by atoms with Crippen molar-refractivity contribution in [2.45, 2.75) is 33.6 Å². The largest absolute Gasteiger partial charge is 0.372 e. The molecule has 0 aliphatic carbocycles. The summed E-state index contributed by atoms with van der Waals surface area (Å²) in [5, 5.41) is 0. The zero-order valence-electron chi connectivity index (χ0n) is 9.89. The highest BCUT2D eigenvalue weighted by Crippen LogP contribution is 2.23. The Morgan fingerprint density at radius 2 is 1.73 bits per heavy atom. The molecule has 1 rings (SSSR count). The van der Waals surface area contributed by atoms with E-state index in [1.54, 1.807) is 0 Å². The van der Waals surface area contributed by atoms with Crippen molar-refractivity contribution < 1.29 is 0 Å². The van der Waals surface area contributed by atoms with Gasteiger partial charge in [0.15, 0.2) is 0 Å². The van der Waals surface area contributed by atoms with Crippen LogP contribution in [0, 0.1) is 6.92 Å². The standard InChI is InChI=1S/C13H20BrN/c1-4-8-15(9-5-2)12-6-7-13(14)11(3)10-12/h6-7,10H,4-5,8-9H2,1-3H3. The Morgan fingerprint density at radius 3 is 2.20 bits per heavy atom. The maximum Gasteiger partial charge on any atom is 0.0369 e. The molecule has 0 spiro atoms. The first-order valence-corrected chi connectivity index (χ1v) is 6.49. The lowest BCUT2D eigenvalue weighted by Gasteiger charge is -2.24. The fourth-order valence-corrected chi connectivity index (χ4v) is 1.98. The van der Waals surface area contributed by atoms with E-state index >= 15 is 0 Å². The Balaban J connectivity index is 2.85. The lowest BCUT2D eigenvalue weighted by molar-refractivity contribution is 0.744. The van der Waals surface area contributed by atoms with Crippen LogP contribution in [-0.4, -0.2) is 13.1 Å². The lowest BCUT2D eigenvalue weighted by Crippen LogP contribution is -2.24. The first-order valence-electron chi connectivity index (χ1n) is 5.70. The molecule has 1 aromatic rings. The van der Waals surface area contributed by atoms with E-state index in [-0.39, 0.29) is 0 Å². The molecule has 0 aromatic heterocycles. The fraction of sp³-hybridized carbons (Fsp3) is 0.538. The van der Waals surface area contributed by atoms with Crippen LogP contribution in [0.2, 0.25) is 0 Å². The van der Waals surface area contributed by atoms with E-state index in [0.717, 1.165) is 13.1 Å². The minimum atomic E-state index is 1.15. The molecule has 15 heavy (non-hydrogen) atoms. The molecule has 0 heterocycles. The molecule has 0 radical (unpaired) electrons. The van der Waals surface area contributed by atoms with Gasteiger partial charge in [0.25, 0.3) is 0 Å². The average Bonchev–Trinajstić information content (AvgIpc) is 2.22. The molecule has 0 atom stereocenters. The molecule has 1 aromatic carbocycles. The molecule has 0 saturated carbocycles. The number of halogens is 1. The van der Waals surface area contributed by atoms with Crippen molar-refractivity contribution in [2.75, 3.05) is 18.0 Å². The van der Waals surface area contributed by atoms with Gasteiger partial charge in [0.05, 0.1) is 0 Å². The maximum absolute atomic E-state index is 3.54. The van der Waals surface area contributed by atoms with Crippen molar-refractivity contribution in [3.05, 3.63) is 28.2 Å². The fourth-order valence-electron chi connectivity index (χ4n) is 1.74. The summed E-state index contributed by atoms with van der Waals surface area (Å²) in [5.41, 5.74) is 2.66. The molecule has 0 aliphatic rings. The summed E-state index contributed by atoms with van der Waals surface area (Å²) in [4.78, 5) is 2.46. The first-order chi connectivity index (χ1) is 7.19. The second-order valence-electron chi connectivity index (χ2n) is 3.92. The minimum absolute atomic E-state index is 1.15. The van der Waals surface area contributed by atoms with Crippen LogP contribution in [0.1, 0.15) is 32.3 Å². The zero-order valence-corrected chi connectivity index (χ0v) is 11.5. The van der Waals surface area contributed by atoms with Gasteiger partial charge in [0, 0.05) is 23.2 Å². The number of hydrogen-bond acceptors (Lipinski definition) is 1. The van der Waals surface area contributed by atoms with Crippen LogP contribution in [0.4, 0.5) is 5.69 Å². The second kappa shape index (κ2) is 6.16. The first kappa shape index (κ1) is 12.6. The smallest absolute Gasteiger partial charge is 0.0369 e. The van der Waals surface area contributed by atoms with Crippen molar-refractivity contribution in [3.63, 3.8) is 0 Å². The quantitative estimate of drug-likeness (QED) is 0.767. The summed E-state index contributed by atoms with van der Waals surface area (Å²) < 4.78 is 1.19. The highest BCUT2D eigenvalue weighted by molar-refractivity contribution is 9.10. The summed E-state index contributed by atoms with van der Waals surface area (Å²) in [6.45, 7) is 8.90. The van der Waals surface area contributed by atoms with Gasteiger partial charge in [-0.2, -0.15) is 0 Å². The third-order valence-electron chi connectivity index (χ3n) is 2.49. The topological polar surface area (TPSA) is 3.24 Å². The predicted octanol–water partition coefficient (Wildman–Crippen LogP) is 4.38. The van der Waals surface area contributed by atoms with Crippen LogP contribution in [0.5, 0.6) is 0 Å². The molecular formula is C13H20BrN. The van der Waals surface area contributed by atoms with E-state index in [1.807, 2.05) is 0 Å². The highest BCUT2D eigenvalue weighted by Gasteiger charge is 2.05. The molecule has 84 valence electrons. The number of hydrogen-bond donors (Lipinski definition) is 0. The van der Waals surface area contributed by atoms with Crippen LogP contribution in [-0.2, 0) is 0 Å². The van der Waals surface area contributed by atoms with Crippen LogP contribution in [0.25, 0.3) is 0 Å². The number of rotatable bonds is 5. The van der Waals surface area contributed by atoms with Gasteiger partial charge in [-0.1, -0.05) is 29.8 Å². The lowest BCUT2D eigenvalue weighted by atomic mass is 10.2. The van der Waals surface area contributed by atoms with Crippen molar-refractivity contribution in [2.24, 2.45) is 0 Å². The van der Waals surface area contributed by atoms with E-state index in [0.29, 0.717) is 0 Å². The Labute approximate surface area is 102 Å². The van der Waals surface area contributed by atoms with Crippen LogP contribution < -0.4 is 4.90 Å². The normalized spacial score (nSPS) is 10.4. The molecule has 0 unspecified atom stereocenters. The predicted molar refractivity (Wildman–Crippen MR) is 71.7 cm³/mol. The number of anilines is 1. The molecule has 1 nitrogen and oxygen atoms in total. The molecular weight excluding hydrogens is 250 g/mol. The van der Waals surface area contributed by atoms with Gasteiger partial charge in [0.2, 0.25) is 0 Å². The molecule has 0 fully saturated rings. The van der Waals surface area contributed by atoms with Gasteiger partial charge in [-0.3, -0.25) is 0 Å². The SMILES string of the molecule is CCCN(CCC)c1ccc(Br)c(C)c1. The van der Waals surface area contributed by atoms with Gasteiger partial charge < -0.3 is 4.90 Å². The molecule has 0 bridgehead atoms. The Bertz CT molecular complexity index is 303. The highest BCUT2D eigenvalue weighted by atomic mass is 79.9. The number of aryl methyl sites for hydroxylation is 1. The van der Waals surface area contributed by atoms with E-state index in [4.69, 9.17) is 0 Å². The van der Waals surface area contributed by atoms with E-state index in [9.17, 15) is 0 Å². The van der Waals surface area contributed by atoms with E-state index < -0.39 is 0 Å². The van der Waals surface area contributed by atoms with Gasteiger partial charge >= 0.3 is 0 Å². The Hall–Kier alpha value is -0.500. The summed E-state index contributed by atoms with van der Waals surface area (Å²) >= 11 is 3.54. The van der Waals surface area contributed by atoms with E-state index in [2.05, 4.69) is 59.8 Å². The van der Waals surface area contributed by atoms with Crippen molar-refractivity contribution in [3.8, 4) is 0 Å². The summed E-state index contributed by atoms with van der Waals surface area (Å²) in [6.07, 6.45) is 2.41. The maximum atomic E-state index is 3.54. The molecule has 0 N–H and O–H groups in total. The Morgan fingerprint density at radius 1 is 1.13 bits per heavy atom. The summed E-state index contributed by atoms with van der Waals surface area (Å²) in [5.74, 6) is 0. The molecule has 0 aliphatic heterocycles. The van der Waals surface area contributed by atoms with Gasteiger partial charge in [-0.05, 0) is 43.5 Å². The Kier molecular flexibility index (Phi) is 5.16. The average molecular weight is 270 g/mol. The monoisotopic (exact) mass is 269 g/mol.